The summed E-state index contributed by atoms with van der Waals surface area (Å²) in [4.78, 5) is 12.5. The number of hydrogen-bond acceptors (Lipinski definition) is 2. The van der Waals surface area contributed by atoms with Crippen molar-refractivity contribution in [1.82, 2.24) is 4.90 Å². The highest BCUT2D eigenvalue weighted by Crippen LogP contribution is 2.31. The van der Waals surface area contributed by atoms with Crippen LogP contribution in [-0.2, 0) is 4.79 Å². The second kappa shape index (κ2) is 3.24. The van der Waals surface area contributed by atoms with Crippen LogP contribution in [0.3, 0.4) is 0 Å². The Morgan fingerprint density at radius 2 is 2.00 bits per heavy atom. The topological polar surface area (TPSA) is 40.5 Å². The van der Waals surface area contributed by atoms with Gasteiger partial charge in [-0.3, -0.25) is 4.79 Å². The lowest BCUT2D eigenvalue weighted by molar-refractivity contribution is -0.133. The zero-order chi connectivity index (χ0) is 9.46. The molecule has 68 valence electrons. The first-order valence-electron chi connectivity index (χ1n) is 3.52. The van der Waals surface area contributed by atoms with Crippen molar-refractivity contribution in [2.24, 2.45) is 0 Å². The number of carbonyl (C=O) groups is 1. The van der Waals surface area contributed by atoms with E-state index >= 15 is 0 Å². The molecule has 5 heteroatoms. The minimum Gasteiger partial charge on any atom is -0.368 e. The quantitative estimate of drug-likeness (QED) is 0.707. The predicted octanol–water partition coefficient (Wildman–Crippen LogP) is 1.24. The summed E-state index contributed by atoms with van der Waals surface area (Å²) in [7, 11) is 0. The van der Waals surface area contributed by atoms with Gasteiger partial charge < -0.3 is 10.0 Å². The smallest absolute Gasteiger partial charge is 0.269 e. The van der Waals surface area contributed by atoms with Crippen LogP contribution in [0.2, 0.25) is 0 Å². The van der Waals surface area contributed by atoms with Crippen LogP contribution in [0.1, 0.15) is 13.8 Å². The van der Waals surface area contributed by atoms with Crippen molar-refractivity contribution in [3.63, 3.8) is 0 Å². The van der Waals surface area contributed by atoms with Gasteiger partial charge in [0.2, 0.25) is 0 Å². The van der Waals surface area contributed by atoms with Crippen LogP contribution >= 0.6 is 23.2 Å². The molecule has 1 N–H and O–H groups in total. The summed E-state index contributed by atoms with van der Waals surface area (Å²) in [6.45, 7) is 3.56. The average Bonchev–Trinajstić information content (AvgIpc) is 2.16. The number of carbonyl (C=O) groups excluding carboxylic acids is 1. The van der Waals surface area contributed by atoms with Gasteiger partial charge in [-0.25, -0.2) is 0 Å². The Kier molecular flexibility index (Phi) is 2.66. The van der Waals surface area contributed by atoms with Crippen molar-refractivity contribution >= 4 is 29.1 Å². The molecule has 1 atom stereocenters. The first-order chi connectivity index (χ1) is 5.46. The van der Waals surface area contributed by atoms with Gasteiger partial charge >= 0.3 is 0 Å². The Morgan fingerprint density at radius 3 is 2.17 bits per heavy atom. The lowest BCUT2D eigenvalue weighted by Gasteiger charge is -2.24. The van der Waals surface area contributed by atoms with Crippen LogP contribution in [0.4, 0.5) is 0 Å². The van der Waals surface area contributed by atoms with E-state index in [1.165, 1.54) is 4.90 Å². The van der Waals surface area contributed by atoms with E-state index in [0.29, 0.717) is 0 Å². The third-order valence-corrected chi connectivity index (χ3v) is 2.52. The van der Waals surface area contributed by atoms with Gasteiger partial charge in [0, 0.05) is 6.04 Å². The second-order valence-corrected chi connectivity index (χ2v) is 3.63. The van der Waals surface area contributed by atoms with Gasteiger partial charge in [-0.1, -0.05) is 23.2 Å². The van der Waals surface area contributed by atoms with Gasteiger partial charge in [-0.15, -0.1) is 0 Å². The first kappa shape index (κ1) is 9.84. The number of aliphatic hydroxyl groups is 1. The van der Waals surface area contributed by atoms with Gasteiger partial charge in [0.25, 0.3) is 5.91 Å². The van der Waals surface area contributed by atoms with E-state index in [1.807, 2.05) is 0 Å². The summed E-state index contributed by atoms with van der Waals surface area (Å²) in [5.74, 6) is -0.413. The number of amides is 1. The van der Waals surface area contributed by atoms with Crippen molar-refractivity contribution in [3.05, 3.63) is 10.1 Å². The molecule has 0 saturated heterocycles. The third kappa shape index (κ3) is 1.32. The Hall–Kier alpha value is -0.250. The molecule has 1 rings (SSSR count). The molecule has 0 radical (unpaired) electrons. The van der Waals surface area contributed by atoms with E-state index in [2.05, 4.69) is 0 Å². The molecule has 1 amide bonds. The molecule has 3 nitrogen and oxygen atoms in total. The number of aliphatic hydroxyl groups excluding tert-OH is 1. The van der Waals surface area contributed by atoms with Gasteiger partial charge in [0.15, 0.2) is 6.23 Å². The fourth-order valence-corrected chi connectivity index (χ4v) is 1.46. The van der Waals surface area contributed by atoms with Gasteiger partial charge in [-0.2, -0.15) is 0 Å². The van der Waals surface area contributed by atoms with Crippen molar-refractivity contribution in [1.29, 1.82) is 0 Å². The van der Waals surface area contributed by atoms with Crippen LogP contribution in [0.5, 0.6) is 0 Å². The third-order valence-electron chi connectivity index (χ3n) is 1.68. The molecule has 1 aliphatic heterocycles. The van der Waals surface area contributed by atoms with Crippen LogP contribution in [0, 0.1) is 0 Å². The first-order valence-corrected chi connectivity index (χ1v) is 4.28. The molecule has 0 aromatic rings. The number of halogens is 2. The molecular weight excluding hydrogens is 201 g/mol. The molecule has 0 aromatic heterocycles. The molecule has 12 heavy (non-hydrogen) atoms. The van der Waals surface area contributed by atoms with Crippen molar-refractivity contribution in [3.8, 4) is 0 Å². The summed E-state index contributed by atoms with van der Waals surface area (Å²) >= 11 is 11.1. The van der Waals surface area contributed by atoms with E-state index in [1.54, 1.807) is 13.8 Å². The lowest BCUT2D eigenvalue weighted by atomic mass is 10.3. The molecule has 0 bridgehead atoms. The molecule has 0 saturated carbocycles. The number of hydrogen-bond donors (Lipinski definition) is 1. The summed E-state index contributed by atoms with van der Waals surface area (Å²) in [6.07, 6.45) is -1.08. The Morgan fingerprint density at radius 1 is 1.50 bits per heavy atom. The average molecular weight is 210 g/mol. The highest BCUT2D eigenvalue weighted by molar-refractivity contribution is 6.49. The lowest BCUT2D eigenvalue weighted by Crippen LogP contribution is -2.40. The maximum atomic E-state index is 11.3. The van der Waals surface area contributed by atoms with E-state index in [4.69, 9.17) is 23.2 Å². The van der Waals surface area contributed by atoms with Crippen LogP contribution < -0.4 is 0 Å². The molecule has 0 fully saturated rings. The highest BCUT2D eigenvalue weighted by atomic mass is 35.5. The number of nitrogens with zero attached hydrogens (tertiary/aromatic N) is 1. The molecule has 1 heterocycles. The zero-order valence-corrected chi connectivity index (χ0v) is 8.23. The maximum absolute atomic E-state index is 11.3. The number of rotatable bonds is 1. The molecular formula is C7H9Cl2NO2. The largest absolute Gasteiger partial charge is 0.368 e. The summed E-state index contributed by atoms with van der Waals surface area (Å²) in [5, 5.41) is 9.32. The molecule has 1 unspecified atom stereocenters. The normalized spacial score (nSPS) is 24.7. The van der Waals surface area contributed by atoms with E-state index in [9.17, 15) is 9.90 Å². The molecule has 0 aromatic carbocycles. The summed E-state index contributed by atoms with van der Waals surface area (Å²) < 4.78 is 0. The predicted molar refractivity (Wildman–Crippen MR) is 46.7 cm³/mol. The minimum atomic E-state index is -1.08. The second-order valence-electron chi connectivity index (χ2n) is 2.84. The zero-order valence-electron chi connectivity index (χ0n) is 6.71. The fraction of sp³-hybridized carbons (Fsp3) is 0.571. The van der Waals surface area contributed by atoms with Crippen LogP contribution in [0.25, 0.3) is 0 Å². The van der Waals surface area contributed by atoms with Gasteiger partial charge in [-0.05, 0) is 13.8 Å². The van der Waals surface area contributed by atoms with Crippen molar-refractivity contribution in [2.75, 3.05) is 0 Å². The Balaban J connectivity index is 2.95. The fourth-order valence-electron chi connectivity index (χ4n) is 1.08. The molecule has 1 aliphatic rings. The molecule has 0 aliphatic carbocycles. The standard InChI is InChI=1S/C7H9Cl2NO2/c1-3(2)10-6(11)4(8)5(9)7(10)12/h3,6,11H,1-2H3. The van der Waals surface area contributed by atoms with Gasteiger partial charge in [0.1, 0.15) is 5.03 Å². The summed E-state index contributed by atoms with van der Waals surface area (Å²) in [5.41, 5.74) is 0. The highest BCUT2D eigenvalue weighted by Gasteiger charge is 2.37. The Labute approximate surface area is 80.6 Å². The summed E-state index contributed by atoms with van der Waals surface area (Å²) in [6, 6.07) is -0.113. The van der Waals surface area contributed by atoms with Crippen LogP contribution in [-0.4, -0.2) is 28.2 Å². The monoisotopic (exact) mass is 209 g/mol. The van der Waals surface area contributed by atoms with Crippen molar-refractivity contribution < 1.29 is 9.90 Å². The SMILES string of the molecule is CC(C)N1C(=O)C(Cl)=C(Cl)C1O. The van der Waals surface area contributed by atoms with Gasteiger partial charge in [0.05, 0.1) is 5.03 Å². The minimum absolute atomic E-state index is 0.00960. The van der Waals surface area contributed by atoms with Crippen LogP contribution in [0.15, 0.2) is 10.1 Å². The van der Waals surface area contributed by atoms with Crippen molar-refractivity contribution in [2.45, 2.75) is 26.1 Å². The Bertz CT molecular complexity index is 250. The van der Waals surface area contributed by atoms with E-state index < -0.39 is 12.1 Å². The van der Waals surface area contributed by atoms with E-state index in [0.717, 1.165) is 0 Å². The molecule has 0 spiro atoms. The van der Waals surface area contributed by atoms with E-state index in [-0.39, 0.29) is 16.1 Å². The maximum Gasteiger partial charge on any atom is 0.269 e.